The highest BCUT2D eigenvalue weighted by molar-refractivity contribution is 7.10. The van der Waals surface area contributed by atoms with Gasteiger partial charge in [-0.15, -0.1) is 11.3 Å². The Morgan fingerprint density at radius 3 is 1.87 bits per heavy atom. The van der Waals surface area contributed by atoms with Crippen molar-refractivity contribution >= 4 is 24.7 Å². The van der Waals surface area contributed by atoms with Gasteiger partial charge in [0.15, 0.2) is 0 Å². The van der Waals surface area contributed by atoms with Gasteiger partial charge in [-0.05, 0) is 62.9 Å². The third-order valence-corrected chi connectivity index (χ3v) is 7.36. The summed E-state index contributed by atoms with van der Waals surface area (Å²) in [6.45, 7) is 8.42. The molecule has 0 aliphatic carbocycles. The van der Waals surface area contributed by atoms with Gasteiger partial charge >= 0.3 is 7.12 Å². The number of nitrogens with zero attached hydrogens (tertiary/aromatic N) is 1. The van der Waals surface area contributed by atoms with Crippen LogP contribution >= 0.6 is 11.3 Å². The summed E-state index contributed by atoms with van der Waals surface area (Å²) in [7, 11) is -0.290. The van der Waals surface area contributed by atoms with Gasteiger partial charge in [0, 0.05) is 10.7 Å². The molecular weight excluding hydrogens is 401 g/mol. The molecule has 0 amide bonds. The van der Waals surface area contributed by atoms with E-state index in [9.17, 15) is 0 Å². The lowest BCUT2D eigenvalue weighted by Crippen LogP contribution is -2.41. The first-order chi connectivity index (χ1) is 14.9. The van der Waals surface area contributed by atoms with E-state index in [-0.39, 0.29) is 30.2 Å². The summed E-state index contributed by atoms with van der Waals surface area (Å²) in [5.41, 5.74) is 1.68. The van der Waals surface area contributed by atoms with Gasteiger partial charge in [-0.25, -0.2) is 0 Å². The van der Waals surface area contributed by atoms with Crippen LogP contribution in [0, 0.1) is 0 Å². The Labute approximate surface area is 190 Å². The zero-order valence-electron chi connectivity index (χ0n) is 18.7. The second-order valence-corrected chi connectivity index (χ2v) is 10.0. The number of thiophene rings is 1. The lowest BCUT2D eigenvalue weighted by molar-refractivity contribution is 0.00578. The van der Waals surface area contributed by atoms with Crippen molar-refractivity contribution in [1.29, 1.82) is 0 Å². The molecule has 1 saturated heterocycles. The monoisotopic (exact) mass is 431 g/mol. The molecule has 160 valence electrons. The maximum absolute atomic E-state index is 6.40. The summed E-state index contributed by atoms with van der Waals surface area (Å²) in [4.78, 5) is 6.29. The number of benzene rings is 2. The molecule has 1 atom stereocenters. The van der Waals surface area contributed by atoms with E-state index >= 15 is 0 Å². The van der Waals surface area contributed by atoms with E-state index in [2.05, 4.69) is 100.0 Å². The molecule has 4 rings (SSSR count). The van der Waals surface area contributed by atoms with Crippen molar-refractivity contribution in [3.8, 4) is 0 Å². The summed E-state index contributed by atoms with van der Waals surface area (Å²) in [5, 5.41) is 2.11. The molecule has 1 aliphatic rings. The zero-order valence-corrected chi connectivity index (χ0v) is 19.5. The van der Waals surface area contributed by atoms with Crippen LogP contribution in [0.1, 0.15) is 62.0 Å². The molecule has 0 bridgehead atoms. The molecule has 1 unspecified atom stereocenters. The van der Waals surface area contributed by atoms with Crippen LogP contribution < -0.4 is 0 Å². The van der Waals surface area contributed by atoms with Crippen LogP contribution in [-0.4, -0.2) is 24.5 Å². The second kappa shape index (κ2) is 9.11. The molecule has 1 aliphatic heterocycles. The quantitative estimate of drug-likeness (QED) is 0.307. The molecule has 2 aromatic carbocycles. The van der Waals surface area contributed by atoms with Crippen LogP contribution in [0.25, 0.3) is 0 Å². The van der Waals surface area contributed by atoms with E-state index in [1.54, 1.807) is 11.3 Å². The van der Waals surface area contributed by atoms with Crippen LogP contribution in [0.2, 0.25) is 0 Å². The van der Waals surface area contributed by atoms with Crippen LogP contribution in [0.5, 0.6) is 0 Å². The number of hydrogen-bond acceptors (Lipinski definition) is 4. The Morgan fingerprint density at radius 2 is 1.39 bits per heavy atom. The van der Waals surface area contributed by atoms with Crippen molar-refractivity contribution in [3.05, 3.63) is 94.2 Å². The fourth-order valence-corrected chi connectivity index (χ4v) is 4.69. The first-order valence-electron chi connectivity index (χ1n) is 10.9. The summed E-state index contributed by atoms with van der Waals surface area (Å²) in [6.07, 6.45) is 2.81. The third kappa shape index (κ3) is 4.84. The SMILES string of the molecule is CC1(C)OB(C(CC=NC(c2ccccc2)c2ccccc2)c2cccs2)OC1(C)C. The van der Waals surface area contributed by atoms with Crippen molar-refractivity contribution < 1.29 is 9.31 Å². The van der Waals surface area contributed by atoms with Gasteiger partial charge < -0.3 is 9.31 Å². The van der Waals surface area contributed by atoms with E-state index in [1.165, 1.54) is 16.0 Å². The van der Waals surface area contributed by atoms with Gasteiger partial charge in [0.1, 0.15) is 0 Å². The van der Waals surface area contributed by atoms with Crippen molar-refractivity contribution in [2.24, 2.45) is 4.99 Å². The highest BCUT2D eigenvalue weighted by atomic mass is 32.1. The third-order valence-electron chi connectivity index (χ3n) is 6.35. The Hall–Kier alpha value is -2.21. The first kappa shape index (κ1) is 22.0. The van der Waals surface area contributed by atoms with E-state index in [1.807, 2.05) is 12.1 Å². The largest absolute Gasteiger partial charge is 0.467 e. The van der Waals surface area contributed by atoms with Gasteiger partial charge in [0.2, 0.25) is 0 Å². The Bertz CT molecular complexity index is 931. The predicted octanol–water partition coefficient (Wildman–Crippen LogP) is 6.71. The number of hydrogen-bond donors (Lipinski definition) is 0. The molecule has 2 heterocycles. The fourth-order valence-electron chi connectivity index (χ4n) is 3.83. The smallest absolute Gasteiger partial charge is 0.403 e. The lowest BCUT2D eigenvalue weighted by Gasteiger charge is -2.32. The van der Waals surface area contributed by atoms with Crippen molar-refractivity contribution in [1.82, 2.24) is 0 Å². The molecule has 1 fully saturated rings. The summed E-state index contributed by atoms with van der Waals surface area (Å²) in [5.74, 6) is 0.108. The topological polar surface area (TPSA) is 30.8 Å². The Balaban J connectivity index is 1.59. The summed E-state index contributed by atoms with van der Waals surface area (Å²) < 4.78 is 12.8. The van der Waals surface area contributed by atoms with Gasteiger partial charge in [-0.2, -0.15) is 0 Å². The highest BCUT2D eigenvalue weighted by Crippen LogP contribution is 2.42. The Kier molecular flexibility index (Phi) is 6.47. The molecule has 3 aromatic rings. The van der Waals surface area contributed by atoms with Gasteiger partial charge in [-0.1, -0.05) is 66.7 Å². The average Bonchev–Trinajstić information content (AvgIpc) is 3.35. The molecule has 3 nitrogen and oxygen atoms in total. The normalized spacial score (nSPS) is 18.7. The van der Waals surface area contributed by atoms with Gasteiger partial charge in [0.05, 0.1) is 17.2 Å². The number of aliphatic imine (C=N–C) groups is 1. The van der Waals surface area contributed by atoms with Crippen molar-refractivity contribution in [2.75, 3.05) is 0 Å². The minimum Gasteiger partial charge on any atom is -0.403 e. The van der Waals surface area contributed by atoms with E-state index < -0.39 is 0 Å². The van der Waals surface area contributed by atoms with Crippen molar-refractivity contribution in [2.45, 2.75) is 57.2 Å². The minimum absolute atomic E-state index is 0.0234. The summed E-state index contributed by atoms with van der Waals surface area (Å²) in [6, 6.07) is 25.1. The highest BCUT2D eigenvalue weighted by Gasteiger charge is 2.53. The van der Waals surface area contributed by atoms with Crippen LogP contribution in [0.4, 0.5) is 0 Å². The maximum Gasteiger partial charge on any atom is 0.467 e. The molecule has 31 heavy (non-hydrogen) atoms. The maximum atomic E-state index is 6.40. The van der Waals surface area contributed by atoms with Crippen molar-refractivity contribution in [3.63, 3.8) is 0 Å². The molecule has 0 N–H and O–H groups in total. The molecule has 5 heteroatoms. The fraction of sp³-hybridized carbons (Fsp3) is 0.346. The van der Waals surface area contributed by atoms with Crippen LogP contribution in [-0.2, 0) is 9.31 Å². The van der Waals surface area contributed by atoms with E-state index in [0.717, 1.165) is 6.42 Å². The zero-order chi connectivity index (χ0) is 21.9. The first-order valence-corrected chi connectivity index (χ1v) is 11.8. The molecule has 0 radical (unpaired) electrons. The molecular formula is C26H30BNO2S. The Morgan fingerprint density at radius 1 is 0.839 bits per heavy atom. The number of rotatable bonds is 7. The summed E-state index contributed by atoms with van der Waals surface area (Å²) >= 11 is 1.75. The van der Waals surface area contributed by atoms with Gasteiger partial charge in [-0.3, -0.25) is 4.99 Å². The van der Waals surface area contributed by atoms with Crippen LogP contribution in [0.3, 0.4) is 0 Å². The van der Waals surface area contributed by atoms with E-state index in [0.29, 0.717) is 0 Å². The molecule has 0 saturated carbocycles. The minimum atomic E-state index is -0.346. The predicted molar refractivity (Wildman–Crippen MR) is 131 cm³/mol. The molecule has 1 aromatic heterocycles. The standard InChI is InChI=1S/C26H30BNO2S/c1-25(2)26(3,4)30-27(29-25)22(23-16-11-19-31-23)17-18-28-24(20-12-7-5-8-13-20)21-14-9-6-10-15-21/h5-16,18-19,22,24H,17H2,1-4H3. The van der Waals surface area contributed by atoms with E-state index in [4.69, 9.17) is 14.3 Å². The lowest BCUT2D eigenvalue weighted by atomic mass is 9.69. The van der Waals surface area contributed by atoms with Crippen LogP contribution in [0.15, 0.2) is 83.2 Å². The second-order valence-electron chi connectivity index (χ2n) is 9.04. The molecule has 0 spiro atoms. The van der Waals surface area contributed by atoms with Gasteiger partial charge in [0.25, 0.3) is 0 Å². The average molecular weight is 431 g/mol.